The molecule has 5 heteroatoms. The third-order valence-electron chi connectivity index (χ3n) is 2.09. The fraction of sp³-hybridized carbons (Fsp3) is 0.333. The smallest absolute Gasteiger partial charge is 0.154 e. The van der Waals surface area contributed by atoms with Crippen LogP contribution in [0, 0.1) is 0 Å². The maximum atomic E-state index is 4.42. The molecule has 4 nitrogen and oxygen atoms in total. The summed E-state index contributed by atoms with van der Waals surface area (Å²) in [6.07, 6.45) is 0. The van der Waals surface area contributed by atoms with Crippen LogP contribution in [0.1, 0.15) is 6.92 Å². The average Bonchev–Trinajstić information content (AvgIpc) is 2.61. The quantitative estimate of drug-likeness (QED) is 0.635. The molecule has 0 bridgehead atoms. The summed E-state index contributed by atoms with van der Waals surface area (Å²) in [4.78, 5) is 0. The van der Waals surface area contributed by atoms with Crippen LogP contribution in [0.4, 0.5) is 5.69 Å². The van der Waals surface area contributed by atoms with Crippen LogP contribution in [-0.4, -0.2) is 17.2 Å². The van der Waals surface area contributed by atoms with Gasteiger partial charge in [-0.2, -0.15) is 10.7 Å². The second-order valence-electron chi connectivity index (χ2n) is 3.05. The maximum absolute atomic E-state index is 4.42. The Hall–Kier alpha value is -0.750. The second-order valence-corrected chi connectivity index (χ2v) is 3.54. The van der Waals surface area contributed by atoms with E-state index in [4.69, 9.17) is 0 Å². The molecule has 1 aromatic carbocycles. The molecule has 0 aliphatic carbocycles. The number of rotatable bonds is 2. The van der Waals surface area contributed by atoms with Gasteiger partial charge in [0.05, 0.1) is 5.69 Å². The summed E-state index contributed by atoms with van der Waals surface area (Å²) in [5, 5.41) is 3.86. The van der Waals surface area contributed by atoms with Gasteiger partial charge in [-0.3, -0.25) is 5.01 Å². The topological polar surface area (TPSA) is 30.5 Å². The highest BCUT2D eigenvalue weighted by Crippen LogP contribution is 2.17. The van der Waals surface area contributed by atoms with Crippen molar-refractivity contribution in [1.29, 1.82) is 0 Å². The van der Waals surface area contributed by atoms with Crippen LogP contribution in [0.2, 0.25) is 0 Å². The molecule has 0 amide bonds. The van der Waals surface area contributed by atoms with Gasteiger partial charge >= 0.3 is 0 Å². The number of hydrazine groups is 3. The number of thiol groups is 1. The minimum absolute atomic E-state index is 0.0302. The van der Waals surface area contributed by atoms with Crippen molar-refractivity contribution in [3.05, 3.63) is 30.3 Å². The van der Waals surface area contributed by atoms with Crippen LogP contribution < -0.4 is 16.0 Å². The van der Waals surface area contributed by atoms with E-state index in [1.165, 1.54) is 0 Å². The molecule has 1 aromatic rings. The maximum Gasteiger partial charge on any atom is 0.154 e. The van der Waals surface area contributed by atoms with Crippen molar-refractivity contribution in [3.63, 3.8) is 0 Å². The van der Waals surface area contributed by atoms with Crippen LogP contribution >= 0.6 is 12.6 Å². The SMILES string of the molecule is CCN1NC(S)N(c2ccccc2)N1. The molecule has 2 rings (SSSR count). The van der Waals surface area contributed by atoms with Crippen LogP contribution in [0.3, 0.4) is 0 Å². The van der Waals surface area contributed by atoms with Crippen molar-refractivity contribution in [2.45, 2.75) is 12.4 Å². The van der Waals surface area contributed by atoms with E-state index in [1.54, 1.807) is 0 Å². The van der Waals surface area contributed by atoms with Gasteiger partial charge in [0.25, 0.3) is 0 Å². The summed E-state index contributed by atoms with van der Waals surface area (Å²) in [7, 11) is 0. The molecule has 1 aliphatic rings. The summed E-state index contributed by atoms with van der Waals surface area (Å²) >= 11 is 4.42. The van der Waals surface area contributed by atoms with E-state index in [9.17, 15) is 0 Å². The highest BCUT2D eigenvalue weighted by atomic mass is 32.1. The van der Waals surface area contributed by atoms with Gasteiger partial charge in [0.2, 0.25) is 0 Å². The number of benzene rings is 1. The van der Waals surface area contributed by atoms with Crippen LogP contribution in [-0.2, 0) is 0 Å². The lowest BCUT2D eigenvalue weighted by atomic mass is 10.3. The molecule has 0 radical (unpaired) electrons. The summed E-state index contributed by atoms with van der Waals surface area (Å²) in [5.41, 5.74) is 7.41. The van der Waals surface area contributed by atoms with Gasteiger partial charge in [-0.05, 0) is 19.1 Å². The lowest BCUT2D eigenvalue weighted by Gasteiger charge is -2.20. The van der Waals surface area contributed by atoms with Crippen molar-refractivity contribution in [1.82, 2.24) is 16.1 Å². The fourth-order valence-corrected chi connectivity index (χ4v) is 1.68. The summed E-state index contributed by atoms with van der Waals surface area (Å²) in [5.74, 6) is 0. The van der Waals surface area contributed by atoms with Gasteiger partial charge in [-0.25, -0.2) is 5.43 Å². The Morgan fingerprint density at radius 2 is 2.07 bits per heavy atom. The van der Waals surface area contributed by atoms with Gasteiger partial charge in [0.1, 0.15) is 0 Å². The summed E-state index contributed by atoms with van der Waals surface area (Å²) in [6, 6.07) is 10.1. The van der Waals surface area contributed by atoms with E-state index >= 15 is 0 Å². The average molecular weight is 210 g/mol. The zero-order valence-electron chi connectivity index (χ0n) is 8.01. The minimum Gasteiger partial charge on any atom is -0.266 e. The molecular weight excluding hydrogens is 196 g/mol. The second kappa shape index (κ2) is 4.18. The standard InChI is InChI=1S/C9H14N4S/c1-2-12-10-9(14)13(11-12)8-6-4-3-5-7-8/h3-7,9-11,14H,2H2,1H3. The van der Waals surface area contributed by atoms with Gasteiger partial charge < -0.3 is 0 Å². The first-order chi connectivity index (χ1) is 6.81. The number of nitrogens with zero attached hydrogens (tertiary/aromatic N) is 2. The monoisotopic (exact) mass is 210 g/mol. The first-order valence-electron chi connectivity index (χ1n) is 4.63. The normalized spacial score (nSPS) is 23.0. The van der Waals surface area contributed by atoms with E-state index in [0.717, 1.165) is 12.2 Å². The zero-order chi connectivity index (χ0) is 9.97. The third-order valence-corrected chi connectivity index (χ3v) is 2.44. The number of hydrogen-bond donors (Lipinski definition) is 3. The summed E-state index contributed by atoms with van der Waals surface area (Å²) in [6.45, 7) is 2.94. The van der Waals surface area contributed by atoms with Crippen molar-refractivity contribution < 1.29 is 0 Å². The van der Waals surface area contributed by atoms with E-state index < -0.39 is 0 Å². The summed E-state index contributed by atoms with van der Waals surface area (Å²) < 4.78 is 0. The number of anilines is 1. The highest BCUT2D eigenvalue weighted by molar-refractivity contribution is 7.81. The lowest BCUT2D eigenvalue weighted by molar-refractivity contribution is 0.188. The molecular formula is C9H14N4S. The van der Waals surface area contributed by atoms with E-state index in [0.29, 0.717) is 0 Å². The number of para-hydroxylation sites is 1. The Bertz CT molecular complexity index is 292. The first kappa shape index (κ1) is 9.79. The number of hydrogen-bond acceptors (Lipinski definition) is 5. The molecule has 0 aromatic heterocycles. The predicted molar refractivity (Wildman–Crippen MR) is 60.3 cm³/mol. The molecule has 1 aliphatic heterocycles. The lowest BCUT2D eigenvalue weighted by Crippen LogP contribution is -2.41. The first-order valence-corrected chi connectivity index (χ1v) is 5.15. The Morgan fingerprint density at radius 1 is 1.36 bits per heavy atom. The molecule has 1 saturated heterocycles. The van der Waals surface area contributed by atoms with E-state index in [2.05, 4.69) is 30.5 Å². The number of nitrogens with one attached hydrogen (secondary N) is 2. The van der Waals surface area contributed by atoms with Crippen molar-refractivity contribution in [2.75, 3.05) is 11.6 Å². The molecule has 0 saturated carbocycles. The van der Waals surface area contributed by atoms with Gasteiger partial charge in [-0.1, -0.05) is 18.2 Å². The highest BCUT2D eigenvalue weighted by Gasteiger charge is 2.25. The van der Waals surface area contributed by atoms with E-state index in [-0.39, 0.29) is 5.50 Å². The Morgan fingerprint density at radius 3 is 2.64 bits per heavy atom. The molecule has 76 valence electrons. The van der Waals surface area contributed by atoms with Gasteiger partial charge in [0, 0.05) is 6.54 Å². The molecule has 0 spiro atoms. The Labute approximate surface area is 89.2 Å². The third kappa shape index (κ3) is 1.85. The molecule has 1 atom stereocenters. The van der Waals surface area contributed by atoms with Crippen molar-refractivity contribution >= 4 is 18.3 Å². The molecule has 14 heavy (non-hydrogen) atoms. The van der Waals surface area contributed by atoms with Crippen molar-refractivity contribution in [3.8, 4) is 0 Å². The fourth-order valence-electron chi connectivity index (χ4n) is 1.36. The van der Waals surface area contributed by atoms with Gasteiger partial charge in [-0.15, -0.1) is 12.6 Å². The Balaban J connectivity index is 2.13. The molecule has 1 heterocycles. The van der Waals surface area contributed by atoms with Crippen LogP contribution in [0.15, 0.2) is 30.3 Å². The zero-order valence-corrected chi connectivity index (χ0v) is 8.91. The molecule has 2 N–H and O–H groups in total. The minimum atomic E-state index is -0.0302. The molecule has 1 fully saturated rings. The molecule has 1 unspecified atom stereocenters. The van der Waals surface area contributed by atoms with Crippen molar-refractivity contribution in [2.24, 2.45) is 0 Å². The van der Waals surface area contributed by atoms with Gasteiger partial charge in [0.15, 0.2) is 5.50 Å². The Kier molecular flexibility index (Phi) is 2.93. The van der Waals surface area contributed by atoms with Crippen LogP contribution in [0.5, 0.6) is 0 Å². The van der Waals surface area contributed by atoms with Crippen LogP contribution in [0.25, 0.3) is 0 Å². The largest absolute Gasteiger partial charge is 0.266 e. The van der Waals surface area contributed by atoms with E-state index in [1.807, 2.05) is 40.5 Å². The predicted octanol–water partition coefficient (Wildman–Crippen LogP) is 0.966.